The van der Waals surface area contributed by atoms with Crippen molar-refractivity contribution in [1.82, 2.24) is 0 Å². The van der Waals surface area contributed by atoms with Crippen LogP contribution in [-0.2, 0) is 0 Å². The van der Waals surface area contributed by atoms with Gasteiger partial charge in [-0.3, -0.25) is 0 Å². The minimum atomic E-state index is 1.20. The van der Waals surface area contributed by atoms with E-state index in [2.05, 4.69) is 29.2 Å². The normalized spacial score (nSPS) is 11.3. The molecule has 0 rings (SSSR count). The average molecular weight is 194 g/mol. The van der Waals surface area contributed by atoms with Crippen LogP contribution in [0.15, 0.2) is 22.3 Å². The average Bonchev–Trinajstić information content (AvgIpc) is 1.65. The van der Waals surface area contributed by atoms with Gasteiger partial charge in [0, 0.05) is 3.58 Å². The van der Waals surface area contributed by atoms with Gasteiger partial charge in [-0.05, 0) is 29.5 Å². The van der Waals surface area contributed by atoms with Crippen LogP contribution in [0.1, 0.15) is 6.92 Å². The topological polar surface area (TPSA) is 0 Å². The Bertz CT molecular complexity index is 72.0. The zero-order valence-electron chi connectivity index (χ0n) is 3.74. The summed E-state index contributed by atoms with van der Waals surface area (Å²) in [6.45, 7) is 5.55. The molecule has 0 aromatic rings. The van der Waals surface area contributed by atoms with Crippen molar-refractivity contribution in [2.75, 3.05) is 0 Å². The van der Waals surface area contributed by atoms with E-state index in [0.717, 1.165) is 0 Å². The summed E-state index contributed by atoms with van der Waals surface area (Å²) in [5, 5.41) is 0. The van der Waals surface area contributed by atoms with Crippen molar-refractivity contribution in [2.45, 2.75) is 6.92 Å². The largest absolute Gasteiger partial charge is 0.0980 e. The van der Waals surface area contributed by atoms with E-state index in [1.54, 1.807) is 0 Å². The summed E-state index contributed by atoms with van der Waals surface area (Å²) in [4.78, 5) is 0. The Morgan fingerprint density at radius 2 is 2.33 bits per heavy atom. The zero-order chi connectivity index (χ0) is 4.99. The quantitative estimate of drug-likeness (QED) is 0.444. The Hall–Kier alpha value is 0.210. The van der Waals surface area contributed by atoms with Gasteiger partial charge in [-0.15, -0.1) is 0 Å². The van der Waals surface area contributed by atoms with Crippen LogP contribution in [0.3, 0.4) is 0 Å². The van der Waals surface area contributed by atoms with E-state index in [1.807, 2.05) is 19.1 Å². The molecule has 0 saturated carbocycles. The van der Waals surface area contributed by atoms with Crippen LogP contribution in [0.5, 0.6) is 0 Å². The van der Waals surface area contributed by atoms with Gasteiger partial charge >= 0.3 is 0 Å². The molecule has 0 atom stereocenters. The smallest absolute Gasteiger partial charge is 0.00813 e. The van der Waals surface area contributed by atoms with E-state index < -0.39 is 0 Å². The second kappa shape index (κ2) is 3.40. The van der Waals surface area contributed by atoms with Gasteiger partial charge in [0.1, 0.15) is 0 Å². The Labute approximate surface area is 52.1 Å². The summed E-state index contributed by atoms with van der Waals surface area (Å²) >= 11 is 2.21. The van der Waals surface area contributed by atoms with Crippen molar-refractivity contribution in [3.8, 4) is 0 Å². The standard InChI is InChI=1S/C5H7I/c1-3-5(6)4-2/h3-4H,1H2,2H3/b5-4+. The second-order valence-corrected chi connectivity index (χ2v) is 2.12. The zero-order valence-corrected chi connectivity index (χ0v) is 5.90. The Kier molecular flexibility index (Phi) is 3.52. The molecule has 0 aromatic heterocycles. The lowest BCUT2D eigenvalue weighted by molar-refractivity contribution is 1.73. The molecule has 0 N–H and O–H groups in total. The van der Waals surface area contributed by atoms with Crippen molar-refractivity contribution < 1.29 is 0 Å². The molecule has 0 bridgehead atoms. The maximum atomic E-state index is 3.56. The lowest BCUT2D eigenvalue weighted by Gasteiger charge is -1.75. The van der Waals surface area contributed by atoms with E-state index in [9.17, 15) is 0 Å². The van der Waals surface area contributed by atoms with Crippen LogP contribution >= 0.6 is 22.6 Å². The van der Waals surface area contributed by atoms with Gasteiger partial charge in [0.25, 0.3) is 0 Å². The molecule has 0 fully saturated rings. The molecule has 34 valence electrons. The van der Waals surface area contributed by atoms with E-state index in [1.165, 1.54) is 3.58 Å². The Morgan fingerprint density at radius 3 is 2.33 bits per heavy atom. The fourth-order valence-corrected chi connectivity index (χ4v) is 0.118. The summed E-state index contributed by atoms with van der Waals surface area (Å²) in [5.74, 6) is 0. The van der Waals surface area contributed by atoms with Crippen LogP contribution in [0, 0.1) is 0 Å². The first-order valence-electron chi connectivity index (χ1n) is 1.75. The highest BCUT2D eigenvalue weighted by Gasteiger charge is 1.69. The molecule has 0 radical (unpaired) electrons. The van der Waals surface area contributed by atoms with Crippen LogP contribution in [0.2, 0.25) is 0 Å². The van der Waals surface area contributed by atoms with Crippen molar-refractivity contribution in [3.05, 3.63) is 22.3 Å². The molecule has 0 saturated heterocycles. The molecule has 0 amide bonds. The number of hydrogen-bond donors (Lipinski definition) is 0. The van der Waals surface area contributed by atoms with E-state index in [-0.39, 0.29) is 0 Å². The summed E-state index contributed by atoms with van der Waals surface area (Å²) in [7, 11) is 0. The third-order valence-electron chi connectivity index (χ3n) is 0.471. The van der Waals surface area contributed by atoms with Crippen molar-refractivity contribution in [2.24, 2.45) is 0 Å². The lowest BCUT2D eigenvalue weighted by Crippen LogP contribution is -1.49. The summed E-state index contributed by atoms with van der Waals surface area (Å²) in [6, 6.07) is 0. The predicted octanol–water partition coefficient (Wildman–Crippen LogP) is 2.51. The molecule has 6 heavy (non-hydrogen) atoms. The molecule has 0 aromatic carbocycles. The number of halogens is 1. The minimum absolute atomic E-state index is 1.20. The predicted molar refractivity (Wildman–Crippen MR) is 38.0 cm³/mol. The third-order valence-corrected chi connectivity index (χ3v) is 1.53. The molecule has 1 heteroatoms. The summed E-state index contributed by atoms with van der Waals surface area (Å²) in [5.41, 5.74) is 0. The summed E-state index contributed by atoms with van der Waals surface area (Å²) < 4.78 is 1.20. The lowest BCUT2D eigenvalue weighted by atomic mass is 10.5. The molecule has 0 aliphatic heterocycles. The highest BCUT2D eigenvalue weighted by Crippen LogP contribution is 2.03. The maximum absolute atomic E-state index is 3.56. The fraction of sp³-hybridized carbons (Fsp3) is 0.200. The monoisotopic (exact) mass is 194 g/mol. The van der Waals surface area contributed by atoms with Crippen LogP contribution < -0.4 is 0 Å². The van der Waals surface area contributed by atoms with Gasteiger partial charge < -0.3 is 0 Å². The molecular formula is C5H7I. The van der Waals surface area contributed by atoms with Gasteiger partial charge in [0.2, 0.25) is 0 Å². The molecule has 0 aliphatic rings. The number of rotatable bonds is 1. The number of hydrogen-bond acceptors (Lipinski definition) is 0. The van der Waals surface area contributed by atoms with E-state index >= 15 is 0 Å². The highest BCUT2D eigenvalue weighted by molar-refractivity contribution is 14.1. The minimum Gasteiger partial charge on any atom is -0.0980 e. The Morgan fingerprint density at radius 1 is 1.83 bits per heavy atom. The van der Waals surface area contributed by atoms with Crippen LogP contribution in [0.4, 0.5) is 0 Å². The highest BCUT2D eigenvalue weighted by atomic mass is 127. The second-order valence-electron chi connectivity index (χ2n) is 0.878. The van der Waals surface area contributed by atoms with Gasteiger partial charge in [0.05, 0.1) is 0 Å². The molecule has 0 aliphatic carbocycles. The van der Waals surface area contributed by atoms with E-state index in [0.29, 0.717) is 0 Å². The van der Waals surface area contributed by atoms with Crippen LogP contribution in [-0.4, -0.2) is 0 Å². The van der Waals surface area contributed by atoms with Crippen molar-refractivity contribution in [3.63, 3.8) is 0 Å². The first-order valence-corrected chi connectivity index (χ1v) is 2.83. The molecular weight excluding hydrogens is 187 g/mol. The summed E-state index contributed by atoms with van der Waals surface area (Å²) in [6.07, 6.45) is 3.83. The van der Waals surface area contributed by atoms with Gasteiger partial charge in [-0.2, -0.15) is 0 Å². The van der Waals surface area contributed by atoms with Gasteiger partial charge in [0.15, 0.2) is 0 Å². The van der Waals surface area contributed by atoms with Gasteiger partial charge in [-0.1, -0.05) is 18.7 Å². The molecule has 0 spiro atoms. The fourth-order valence-electron chi connectivity index (χ4n) is 0.118. The van der Waals surface area contributed by atoms with Crippen molar-refractivity contribution >= 4 is 22.6 Å². The van der Waals surface area contributed by atoms with Gasteiger partial charge in [-0.25, -0.2) is 0 Å². The van der Waals surface area contributed by atoms with Crippen LogP contribution in [0.25, 0.3) is 0 Å². The molecule has 0 nitrogen and oxygen atoms in total. The molecule has 0 heterocycles. The SMILES string of the molecule is C=C/C(I)=C\C. The van der Waals surface area contributed by atoms with E-state index in [4.69, 9.17) is 0 Å². The first-order chi connectivity index (χ1) is 2.81. The Balaban J connectivity index is 3.50. The number of allylic oxidation sites excluding steroid dienone is 3. The molecule has 0 unspecified atom stereocenters. The third kappa shape index (κ3) is 2.45. The first kappa shape index (κ1) is 6.21. The maximum Gasteiger partial charge on any atom is 0.00813 e. The van der Waals surface area contributed by atoms with Crippen molar-refractivity contribution in [1.29, 1.82) is 0 Å².